The molecule has 20 heavy (non-hydrogen) atoms. The molecular formula is C15H17FN4. The summed E-state index contributed by atoms with van der Waals surface area (Å²) >= 11 is 0. The zero-order valence-electron chi connectivity index (χ0n) is 11.4. The fourth-order valence-corrected chi connectivity index (χ4v) is 2.38. The summed E-state index contributed by atoms with van der Waals surface area (Å²) in [6.45, 7) is 5.74. The molecule has 104 valence electrons. The van der Waals surface area contributed by atoms with Gasteiger partial charge >= 0.3 is 0 Å². The molecule has 2 aromatic rings. The van der Waals surface area contributed by atoms with Gasteiger partial charge in [-0.3, -0.25) is 0 Å². The molecule has 4 nitrogen and oxygen atoms in total. The summed E-state index contributed by atoms with van der Waals surface area (Å²) in [5, 5.41) is 3.31. The molecule has 0 unspecified atom stereocenters. The molecule has 1 saturated heterocycles. The summed E-state index contributed by atoms with van der Waals surface area (Å²) in [5.41, 5.74) is 2.81. The monoisotopic (exact) mass is 272 g/mol. The first-order chi connectivity index (χ1) is 9.74. The summed E-state index contributed by atoms with van der Waals surface area (Å²) in [5.74, 6) is 0.541. The summed E-state index contributed by atoms with van der Waals surface area (Å²) < 4.78 is 13.0. The quantitative estimate of drug-likeness (QED) is 0.908. The van der Waals surface area contributed by atoms with Crippen LogP contribution in [0.3, 0.4) is 0 Å². The number of nitrogens with zero attached hydrogens (tertiary/aromatic N) is 3. The third kappa shape index (κ3) is 2.63. The largest absolute Gasteiger partial charge is 0.338 e. The number of piperazine rings is 1. The van der Waals surface area contributed by atoms with Gasteiger partial charge in [0, 0.05) is 37.9 Å². The molecule has 0 atom stereocenters. The zero-order chi connectivity index (χ0) is 13.9. The molecule has 1 aromatic carbocycles. The Hall–Kier alpha value is -2.01. The lowest BCUT2D eigenvalue weighted by Gasteiger charge is -2.27. The van der Waals surface area contributed by atoms with Crippen LogP contribution < -0.4 is 10.2 Å². The number of aryl methyl sites for hydroxylation is 1. The lowest BCUT2D eigenvalue weighted by molar-refractivity contribution is 0.579. The van der Waals surface area contributed by atoms with Crippen LogP contribution in [-0.2, 0) is 0 Å². The highest BCUT2D eigenvalue weighted by atomic mass is 19.1. The molecule has 1 aromatic heterocycles. The summed E-state index contributed by atoms with van der Waals surface area (Å²) in [4.78, 5) is 11.2. The highest BCUT2D eigenvalue weighted by Crippen LogP contribution is 2.23. The summed E-state index contributed by atoms with van der Waals surface area (Å²) in [6, 6.07) is 6.43. The van der Waals surface area contributed by atoms with E-state index in [1.165, 1.54) is 12.1 Å². The van der Waals surface area contributed by atoms with Gasteiger partial charge in [0.25, 0.3) is 0 Å². The Bertz CT molecular complexity index is 591. The minimum Gasteiger partial charge on any atom is -0.338 e. The van der Waals surface area contributed by atoms with Gasteiger partial charge in [0.15, 0.2) is 0 Å². The molecule has 0 aliphatic carbocycles. The highest BCUT2D eigenvalue weighted by molar-refractivity contribution is 5.65. The Balaban J connectivity index is 1.88. The van der Waals surface area contributed by atoms with Crippen molar-refractivity contribution in [2.24, 2.45) is 0 Å². The SMILES string of the molecule is Cc1nc(N2CCNCC2)ncc1-c1ccc(F)cc1. The van der Waals surface area contributed by atoms with Gasteiger partial charge in [-0.1, -0.05) is 12.1 Å². The van der Waals surface area contributed by atoms with Crippen LogP contribution in [0, 0.1) is 12.7 Å². The maximum Gasteiger partial charge on any atom is 0.225 e. The fourth-order valence-electron chi connectivity index (χ4n) is 2.38. The van der Waals surface area contributed by atoms with Gasteiger partial charge in [-0.25, -0.2) is 14.4 Å². The van der Waals surface area contributed by atoms with E-state index in [0.29, 0.717) is 0 Å². The molecule has 3 rings (SSSR count). The lowest BCUT2D eigenvalue weighted by atomic mass is 10.1. The minimum atomic E-state index is -0.232. The Morgan fingerprint density at radius 2 is 1.85 bits per heavy atom. The molecule has 0 bridgehead atoms. The van der Waals surface area contributed by atoms with Gasteiger partial charge < -0.3 is 10.2 Å². The van der Waals surface area contributed by atoms with Crippen LogP contribution in [-0.4, -0.2) is 36.1 Å². The van der Waals surface area contributed by atoms with Crippen molar-refractivity contribution >= 4 is 5.95 Å². The zero-order valence-corrected chi connectivity index (χ0v) is 11.4. The third-order valence-electron chi connectivity index (χ3n) is 3.52. The number of hydrogen-bond donors (Lipinski definition) is 1. The number of hydrogen-bond acceptors (Lipinski definition) is 4. The summed E-state index contributed by atoms with van der Waals surface area (Å²) in [7, 11) is 0. The number of aromatic nitrogens is 2. The number of benzene rings is 1. The van der Waals surface area contributed by atoms with E-state index in [-0.39, 0.29) is 5.82 Å². The van der Waals surface area contributed by atoms with Crippen molar-refractivity contribution in [1.29, 1.82) is 0 Å². The van der Waals surface area contributed by atoms with Crippen molar-refractivity contribution in [1.82, 2.24) is 15.3 Å². The Kier molecular flexibility index (Phi) is 3.60. The van der Waals surface area contributed by atoms with Crippen molar-refractivity contribution in [3.63, 3.8) is 0 Å². The first-order valence-electron chi connectivity index (χ1n) is 6.79. The van der Waals surface area contributed by atoms with Gasteiger partial charge in [-0.05, 0) is 24.6 Å². The Morgan fingerprint density at radius 1 is 1.15 bits per heavy atom. The van der Waals surface area contributed by atoms with E-state index in [1.54, 1.807) is 12.1 Å². The van der Waals surface area contributed by atoms with Crippen molar-refractivity contribution in [3.8, 4) is 11.1 Å². The van der Waals surface area contributed by atoms with Gasteiger partial charge in [-0.2, -0.15) is 0 Å². The number of nitrogens with one attached hydrogen (secondary N) is 1. The molecule has 1 N–H and O–H groups in total. The standard InChI is InChI=1S/C15H17FN4/c1-11-14(12-2-4-13(16)5-3-12)10-18-15(19-11)20-8-6-17-7-9-20/h2-5,10,17H,6-9H2,1H3. The van der Waals surface area contributed by atoms with E-state index >= 15 is 0 Å². The van der Waals surface area contributed by atoms with Crippen molar-refractivity contribution in [2.45, 2.75) is 6.92 Å². The van der Waals surface area contributed by atoms with Crippen molar-refractivity contribution in [3.05, 3.63) is 42.0 Å². The normalized spacial score (nSPS) is 15.4. The predicted molar refractivity (Wildman–Crippen MR) is 77.2 cm³/mol. The first-order valence-corrected chi connectivity index (χ1v) is 6.79. The van der Waals surface area contributed by atoms with E-state index in [2.05, 4.69) is 20.2 Å². The van der Waals surface area contributed by atoms with E-state index in [0.717, 1.165) is 48.9 Å². The minimum absolute atomic E-state index is 0.232. The average molecular weight is 272 g/mol. The number of halogens is 1. The maximum atomic E-state index is 13.0. The second-order valence-electron chi connectivity index (χ2n) is 4.91. The Morgan fingerprint density at radius 3 is 2.50 bits per heavy atom. The van der Waals surface area contributed by atoms with Crippen LogP contribution in [0.1, 0.15) is 5.69 Å². The molecule has 1 fully saturated rings. The van der Waals surface area contributed by atoms with Gasteiger partial charge in [0.2, 0.25) is 5.95 Å². The van der Waals surface area contributed by atoms with Gasteiger partial charge in [0.05, 0.1) is 5.69 Å². The highest BCUT2D eigenvalue weighted by Gasteiger charge is 2.14. The second kappa shape index (κ2) is 5.54. The third-order valence-corrected chi connectivity index (χ3v) is 3.52. The molecular weight excluding hydrogens is 255 g/mol. The molecule has 1 aliphatic rings. The Labute approximate surface area is 117 Å². The predicted octanol–water partition coefficient (Wildman–Crippen LogP) is 2.00. The van der Waals surface area contributed by atoms with Crippen LogP contribution in [0.2, 0.25) is 0 Å². The molecule has 0 saturated carbocycles. The van der Waals surface area contributed by atoms with Crippen LogP contribution in [0.15, 0.2) is 30.5 Å². The molecule has 0 spiro atoms. The fraction of sp³-hybridized carbons (Fsp3) is 0.333. The van der Waals surface area contributed by atoms with Crippen molar-refractivity contribution < 1.29 is 4.39 Å². The molecule has 0 amide bonds. The van der Waals surface area contributed by atoms with Gasteiger partial charge in [-0.15, -0.1) is 0 Å². The van der Waals surface area contributed by atoms with E-state index in [1.807, 2.05) is 13.1 Å². The molecule has 0 radical (unpaired) electrons. The second-order valence-corrected chi connectivity index (χ2v) is 4.91. The molecule has 2 heterocycles. The van der Waals surface area contributed by atoms with Crippen LogP contribution >= 0.6 is 0 Å². The number of rotatable bonds is 2. The number of anilines is 1. The van der Waals surface area contributed by atoms with Gasteiger partial charge in [0.1, 0.15) is 5.82 Å². The maximum absolute atomic E-state index is 13.0. The van der Waals surface area contributed by atoms with Crippen LogP contribution in [0.25, 0.3) is 11.1 Å². The van der Waals surface area contributed by atoms with E-state index in [4.69, 9.17) is 0 Å². The average Bonchev–Trinajstić information content (AvgIpc) is 2.49. The molecule has 5 heteroatoms. The van der Waals surface area contributed by atoms with E-state index < -0.39 is 0 Å². The summed E-state index contributed by atoms with van der Waals surface area (Å²) in [6.07, 6.45) is 1.83. The van der Waals surface area contributed by atoms with Crippen LogP contribution in [0.4, 0.5) is 10.3 Å². The topological polar surface area (TPSA) is 41.1 Å². The van der Waals surface area contributed by atoms with Crippen molar-refractivity contribution in [2.75, 3.05) is 31.1 Å². The lowest BCUT2D eigenvalue weighted by Crippen LogP contribution is -2.44. The van der Waals surface area contributed by atoms with E-state index in [9.17, 15) is 4.39 Å². The van der Waals surface area contributed by atoms with Crippen LogP contribution in [0.5, 0.6) is 0 Å². The first kappa shape index (κ1) is 13.0. The smallest absolute Gasteiger partial charge is 0.225 e. The molecule has 1 aliphatic heterocycles.